The second-order valence-corrected chi connectivity index (χ2v) is 27.7. The van der Waals surface area contributed by atoms with E-state index < -0.39 is 97.5 Å². The van der Waals surface area contributed by atoms with Crippen LogP contribution in [0.25, 0.3) is 0 Å². The van der Waals surface area contributed by atoms with Crippen molar-refractivity contribution < 1.29 is 80.2 Å². The maximum Gasteiger partial charge on any atom is 0.472 e. The SMILES string of the molecule is CC/C=C\C/C=C\C/C=C\C/C=C\C/C=C\CCCC(=O)OCC(COP(=O)(O)OCC(O)COP(=O)(O)OCC(COC(=O)CCCCCC/C=C\C/C=C\C/C=C\C/C=C\CC)OC(=O)CCCCCCC/C=C\CCCCCC)OC(=O)CCCC/C=C\C/C=C\C/C=C\C/C=C\CC. The molecular weight excluding hydrogens is 1330 g/mol. The van der Waals surface area contributed by atoms with Crippen LogP contribution in [0.5, 0.6) is 0 Å². The third-order valence-electron chi connectivity index (χ3n) is 15.2. The zero-order chi connectivity index (χ0) is 74.6. The van der Waals surface area contributed by atoms with Crippen molar-refractivity contribution in [2.24, 2.45) is 0 Å². The molecule has 578 valence electrons. The van der Waals surface area contributed by atoms with Crippen molar-refractivity contribution in [3.05, 3.63) is 170 Å². The van der Waals surface area contributed by atoms with E-state index in [-0.39, 0.29) is 25.7 Å². The molecule has 5 atom stereocenters. The molecule has 0 aromatic carbocycles. The Labute approximate surface area is 616 Å². The Morgan fingerprint density at radius 3 is 0.853 bits per heavy atom. The van der Waals surface area contributed by atoms with Gasteiger partial charge in [-0.3, -0.25) is 37.3 Å². The van der Waals surface area contributed by atoms with E-state index in [0.29, 0.717) is 38.5 Å². The number of aliphatic hydroxyl groups is 1. The minimum Gasteiger partial charge on any atom is -0.462 e. The summed E-state index contributed by atoms with van der Waals surface area (Å²) in [7, 11) is -10.0. The predicted molar refractivity (Wildman–Crippen MR) is 417 cm³/mol. The van der Waals surface area contributed by atoms with Crippen LogP contribution in [0.1, 0.15) is 272 Å². The first-order valence-electron chi connectivity index (χ1n) is 38.4. The van der Waals surface area contributed by atoms with Crippen LogP contribution in [-0.2, 0) is 65.4 Å². The summed E-state index contributed by atoms with van der Waals surface area (Å²) in [5.41, 5.74) is 0. The van der Waals surface area contributed by atoms with Gasteiger partial charge in [0.1, 0.15) is 19.3 Å². The molecule has 0 aromatic heterocycles. The number of hydrogen-bond donors (Lipinski definition) is 3. The van der Waals surface area contributed by atoms with Crippen LogP contribution in [0.2, 0.25) is 0 Å². The van der Waals surface area contributed by atoms with Crippen molar-refractivity contribution in [1.82, 2.24) is 0 Å². The van der Waals surface area contributed by atoms with E-state index in [1.165, 1.54) is 25.7 Å². The van der Waals surface area contributed by atoms with Gasteiger partial charge >= 0.3 is 39.5 Å². The van der Waals surface area contributed by atoms with Gasteiger partial charge in [0.15, 0.2) is 12.2 Å². The topological polar surface area (TPSA) is 237 Å². The maximum absolute atomic E-state index is 13.1. The molecule has 0 amide bonds. The molecule has 0 aromatic rings. The molecule has 5 unspecified atom stereocenters. The zero-order valence-electron chi connectivity index (χ0n) is 63.0. The molecule has 0 aliphatic carbocycles. The van der Waals surface area contributed by atoms with Crippen LogP contribution < -0.4 is 0 Å². The molecule has 0 saturated heterocycles. The molecule has 0 heterocycles. The van der Waals surface area contributed by atoms with Crippen molar-refractivity contribution >= 4 is 39.5 Å². The van der Waals surface area contributed by atoms with Gasteiger partial charge < -0.3 is 33.8 Å². The number of carbonyl (C=O) groups excluding carboxylic acids is 4. The number of ether oxygens (including phenoxy) is 4. The van der Waals surface area contributed by atoms with Gasteiger partial charge in [-0.1, -0.05) is 249 Å². The fourth-order valence-electron chi connectivity index (χ4n) is 9.41. The zero-order valence-corrected chi connectivity index (χ0v) is 64.8. The van der Waals surface area contributed by atoms with E-state index in [1.807, 2.05) is 12.2 Å². The standard InChI is InChI=1S/C83H134O17P2/c1-5-9-13-17-21-25-29-33-36-38-41-44-47-51-55-59-63-67-80(85)93-73-78(99-82(87)69-65-61-57-53-49-43-32-28-24-20-16-12-8-4)75-97-101(89,90)95-71-77(84)72-96-102(91,92)98-76-79(100-83(88)70-66-62-58-54-50-46-40-35-31-27-23-19-15-11-7-3)74-94-81(86)68-64-60-56-52-48-45-42-39-37-34-30-26-22-18-14-10-6-2/h9-11,13-15,21-23,25-28,32-37,40-42,44-45,50,52,54,56,77-79,84H,5-8,12,16-20,24,29-31,38-39,43,46-49,51,53,55,57-76H2,1-4H3,(H,89,90)(H,91,92)/b13-9-,14-10-,15-11-,25-21-,26-22-,27-23-,32-28-,36-33-,37-34-,40-35-,44-41-,45-42-,54-50-,56-52-. The fourth-order valence-corrected chi connectivity index (χ4v) is 11.0. The molecule has 0 bridgehead atoms. The lowest BCUT2D eigenvalue weighted by atomic mass is 10.1. The van der Waals surface area contributed by atoms with E-state index in [1.54, 1.807) is 0 Å². The first-order chi connectivity index (χ1) is 49.7. The number of esters is 4. The second kappa shape index (κ2) is 73.7. The average molecular weight is 1470 g/mol. The lowest BCUT2D eigenvalue weighted by molar-refractivity contribution is -0.161. The maximum atomic E-state index is 13.1. The molecule has 0 rings (SSSR count). The predicted octanol–water partition coefficient (Wildman–Crippen LogP) is 22.2. The quantitative estimate of drug-likeness (QED) is 0.0169. The molecule has 102 heavy (non-hydrogen) atoms. The molecule has 0 saturated carbocycles. The Balaban J connectivity index is 5.48. The molecule has 17 nitrogen and oxygen atoms in total. The Morgan fingerprint density at radius 1 is 0.284 bits per heavy atom. The highest BCUT2D eigenvalue weighted by Crippen LogP contribution is 2.45. The molecular formula is C83H134O17P2. The highest BCUT2D eigenvalue weighted by atomic mass is 31.2. The van der Waals surface area contributed by atoms with E-state index in [9.17, 15) is 43.2 Å². The molecule has 0 aliphatic heterocycles. The Hall–Kier alpha value is -5.58. The van der Waals surface area contributed by atoms with Gasteiger partial charge in [0.05, 0.1) is 26.4 Å². The minimum absolute atomic E-state index is 0.0236. The third-order valence-corrected chi connectivity index (χ3v) is 17.1. The lowest BCUT2D eigenvalue weighted by Gasteiger charge is -2.21. The van der Waals surface area contributed by atoms with E-state index >= 15 is 0 Å². The van der Waals surface area contributed by atoms with Crippen LogP contribution in [0.4, 0.5) is 0 Å². The molecule has 0 fully saturated rings. The summed E-state index contributed by atoms with van der Waals surface area (Å²) in [6, 6.07) is 0. The number of hydrogen-bond acceptors (Lipinski definition) is 15. The van der Waals surface area contributed by atoms with Gasteiger partial charge in [0.25, 0.3) is 0 Å². The normalized spacial score (nSPS) is 14.9. The van der Waals surface area contributed by atoms with Gasteiger partial charge in [0, 0.05) is 25.7 Å². The van der Waals surface area contributed by atoms with Crippen LogP contribution >= 0.6 is 15.6 Å². The first kappa shape index (κ1) is 96.4. The molecule has 19 heteroatoms. The van der Waals surface area contributed by atoms with Crippen LogP contribution in [0.15, 0.2) is 170 Å². The molecule has 0 radical (unpaired) electrons. The lowest BCUT2D eigenvalue weighted by Crippen LogP contribution is -2.30. The van der Waals surface area contributed by atoms with Gasteiger partial charge in [-0.25, -0.2) is 9.13 Å². The fraction of sp³-hybridized carbons (Fsp3) is 0.614. The first-order valence-corrected chi connectivity index (χ1v) is 41.4. The summed E-state index contributed by atoms with van der Waals surface area (Å²) in [5.74, 6) is -2.34. The van der Waals surface area contributed by atoms with Gasteiger partial charge in [-0.2, -0.15) is 0 Å². The number of phosphoric acid groups is 2. The summed E-state index contributed by atoms with van der Waals surface area (Å²) < 4.78 is 68.4. The highest BCUT2D eigenvalue weighted by molar-refractivity contribution is 7.47. The average Bonchev–Trinajstić information content (AvgIpc) is 0.939. The van der Waals surface area contributed by atoms with Gasteiger partial charge in [-0.05, 0) is 167 Å². The van der Waals surface area contributed by atoms with Crippen molar-refractivity contribution in [2.45, 2.75) is 290 Å². The summed E-state index contributed by atoms with van der Waals surface area (Å²) in [6.07, 6.45) is 86.4. The largest absolute Gasteiger partial charge is 0.472 e. The number of unbranched alkanes of at least 4 members (excludes halogenated alkanes) is 16. The minimum atomic E-state index is -5.01. The molecule has 0 aliphatic rings. The Bertz CT molecular complexity index is 2600. The van der Waals surface area contributed by atoms with Crippen LogP contribution in [0.3, 0.4) is 0 Å². The molecule has 0 spiro atoms. The second-order valence-electron chi connectivity index (χ2n) is 24.8. The van der Waals surface area contributed by atoms with Crippen molar-refractivity contribution in [1.29, 1.82) is 0 Å². The summed E-state index contributed by atoms with van der Waals surface area (Å²) in [6.45, 7) is 4.33. The Kier molecular flexibility index (Phi) is 69.7. The number of rotatable bonds is 70. The van der Waals surface area contributed by atoms with E-state index in [0.717, 1.165) is 154 Å². The summed E-state index contributed by atoms with van der Waals surface area (Å²) in [5, 5.41) is 10.6. The van der Waals surface area contributed by atoms with Crippen molar-refractivity contribution in [3.63, 3.8) is 0 Å². The summed E-state index contributed by atoms with van der Waals surface area (Å²) >= 11 is 0. The Morgan fingerprint density at radius 2 is 0.520 bits per heavy atom. The summed E-state index contributed by atoms with van der Waals surface area (Å²) in [4.78, 5) is 72.9. The van der Waals surface area contributed by atoms with Crippen LogP contribution in [0, 0.1) is 0 Å². The number of phosphoric ester groups is 2. The van der Waals surface area contributed by atoms with E-state index in [2.05, 4.69) is 186 Å². The number of aliphatic hydroxyl groups excluding tert-OH is 1. The van der Waals surface area contributed by atoms with Crippen molar-refractivity contribution in [3.8, 4) is 0 Å². The van der Waals surface area contributed by atoms with Crippen molar-refractivity contribution in [2.75, 3.05) is 39.6 Å². The van der Waals surface area contributed by atoms with Gasteiger partial charge in [0.2, 0.25) is 0 Å². The smallest absolute Gasteiger partial charge is 0.462 e. The molecule has 3 N–H and O–H groups in total. The number of allylic oxidation sites excluding steroid dienone is 28. The monoisotopic (exact) mass is 1460 g/mol. The van der Waals surface area contributed by atoms with Crippen LogP contribution in [-0.4, -0.2) is 96.7 Å². The number of carbonyl (C=O) groups is 4. The highest BCUT2D eigenvalue weighted by Gasteiger charge is 2.30. The van der Waals surface area contributed by atoms with Gasteiger partial charge in [-0.15, -0.1) is 0 Å². The van der Waals surface area contributed by atoms with E-state index in [4.69, 9.17) is 37.0 Å². The third kappa shape index (κ3) is 72.8.